The van der Waals surface area contributed by atoms with Crippen LogP contribution in [0, 0.1) is 6.92 Å². The van der Waals surface area contributed by atoms with Crippen molar-refractivity contribution in [3.8, 4) is 10.6 Å². The van der Waals surface area contributed by atoms with Crippen LogP contribution in [0.15, 0.2) is 15.9 Å². The Kier molecular flexibility index (Phi) is 3.47. The fourth-order valence-corrected chi connectivity index (χ4v) is 3.11. The molecule has 0 fully saturated rings. The number of thiophene rings is 1. The Labute approximate surface area is 107 Å². The van der Waals surface area contributed by atoms with E-state index in [0.29, 0.717) is 6.54 Å². The lowest BCUT2D eigenvalue weighted by Gasteiger charge is -2.03. The van der Waals surface area contributed by atoms with Gasteiger partial charge in [-0.15, -0.1) is 11.3 Å². The van der Waals surface area contributed by atoms with E-state index in [2.05, 4.69) is 37.6 Å². The molecule has 5 heteroatoms. The topological polar surface area (TPSA) is 43.8 Å². The highest BCUT2D eigenvalue weighted by Gasteiger charge is 2.14. The number of aryl methyl sites for hydroxylation is 1. The van der Waals surface area contributed by atoms with Gasteiger partial charge in [0.2, 0.25) is 0 Å². The van der Waals surface area contributed by atoms with Gasteiger partial charge in [-0.25, -0.2) is 4.98 Å². The predicted octanol–water partition coefficient (Wildman–Crippen LogP) is 2.72. The second-order valence-electron chi connectivity index (χ2n) is 3.66. The molecular weight excluding hydrogens is 286 g/mol. The van der Waals surface area contributed by atoms with E-state index in [-0.39, 0.29) is 0 Å². The lowest BCUT2D eigenvalue weighted by atomic mass is 10.2. The third-order valence-corrected chi connectivity index (χ3v) is 4.26. The molecule has 0 spiro atoms. The molecule has 0 aliphatic carbocycles. The maximum atomic E-state index is 5.64. The molecule has 2 aromatic heterocycles. The first-order valence-corrected chi connectivity index (χ1v) is 6.72. The van der Waals surface area contributed by atoms with E-state index >= 15 is 0 Å². The largest absolute Gasteiger partial charge is 0.335 e. The molecule has 0 amide bonds. The van der Waals surface area contributed by atoms with Crippen LogP contribution in [-0.2, 0) is 13.5 Å². The number of aromatic nitrogens is 2. The number of rotatable bonds is 3. The van der Waals surface area contributed by atoms with Gasteiger partial charge in [-0.2, -0.15) is 0 Å². The van der Waals surface area contributed by atoms with Crippen LogP contribution in [-0.4, -0.2) is 16.1 Å². The zero-order chi connectivity index (χ0) is 11.7. The van der Waals surface area contributed by atoms with Gasteiger partial charge in [0, 0.05) is 19.2 Å². The minimum atomic E-state index is 0.651. The van der Waals surface area contributed by atoms with Gasteiger partial charge in [-0.1, -0.05) is 0 Å². The van der Waals surface area contributed by atoms with E-state index in [0.717, 1.165) is 21.7 Å². The van der Waals surface area contributed by atoms with Crippen LogP contribution in [0.2, 0.25) is 0 Å². The second kappa shape index (κ2) is 4.69. The summed E-state index contributed by atoms with van der Waals surface area (Å²) in [5, 5.41) is 0. The van der Waals surface area contributed by atoms with Gasteiger partial charge >= 0.3 is 0 Å². The fraction of sp³-hybridized carbons (Fsp3) is 0.364. The Balaban J connectivity index is 2.51. The number of hydrogen-bond acceptors (Lipinski definition) is 3. The van der Waals surface area contributed by atoms with Crippen molar-refractivity contribution in [1.82, 2.24) is 9.55 Å². The summed E-state index contributed by atoms with van der Waals surface area (Å²) in [5.74, 6) is 1.03. The van der Waals surface area contributed by atoms with Crippen molar-refractivity contribution in [2.75, 3.05) is 6.54 Å². The van der Waals surface area contributed by atoms with Crippen LogP contribution in [0.5, 0.6) is 0 Å². The number of imidazole rings is 1. The second-order valence-corrected chi connectivity index (χ2v) is 6.12. The van der Waals surface area contributed by atoms with Crippen molar-refractivity contribution < 1.29 is 0 Å². The molecular formula is C11H14BrN3S. The number of halogens is 1. The molecule has 0 unspecified atom stereocenters. The van der Waals surface area contributed by atoms with Crippen LogP contribution in [0.3, 0.4) is 0 Å². The van der Waals surface area contributed by atoms with E-state index in [4.69, 9.17) is 5.73 Å². The summed E-state index contributed by atoms with van der Waals surface area (Å²) < 4.78 is 3.25. The van der Waals surface area contributed by atoms with Crippen molar-refractivity contribution in [2.45, 2.75) is 13.3 Å². The van der Waals surface area contributed by atoms with Crippen LogP contribution in [0.4, 0.5) is 0 Å². The smallest absolute Gasteiger partial charge is 0.106 e. The lowest BCUT2D eigenvalue weighted by molar-refractivity contribution is 0.778. The molecule has 2 N–H and O–H groups in total. The van der Waals surface area contributed by atoms with Gasteiger partial charge in [0.25, 0.3) is 0 Å². The van der Waals surface area contributed by atoms with Crippen LogP contribution < -0.4 is 5.73 Å². The third-order valence-electron chi connectivity index (χ3n) is 2.62. The van der Waals surface area contributed by atoms with Crippen molar-refractivity contribution in [2.24, 2.45) is 12.8 Å². The normalized spacial score (nSPS) is 11.0. The molecule has 2 heterocycles. The highest BCUT2D eigenvalue weighted by Crippen LogP contribution is 2.33. The molecule has 0 saturated carbocycles. The van der Waals surface area contributed by atoms with Crippen LogP contribution in [0.1, 0.15) is 11.5 Å². The van der Waals surface area contributed by atoms with Gasteiger partial charge in [-0.05, 0) is 41.5 Å². The van der Waals surface area contributed by atoms with Gasteiger partial charge in [-0.3, -0.25) is 0 Å². The number of nitrogens with two attached hydrogens (primary N) is 1. The van der Waals surface area contributed by atoms with E-state index in [1.54, 1.807) is 11.3 Å². The molecule has 2 aromatic rings. The lowest BCUT2D eigenvalue weighted by Crippen LogP contribution is -2.08. The highest BCUT2D eigenvalue weighted by molar-refractivity contribution is 9.11. The summed E-state index contributed by atoms with van der Waals surface area (Å²) in [4.78, 5) is 5.80. The van der Waals surface area contributed by atoms with Crippen molar-refractivity contribution >= 4 is 27.3 Å². The molecule has 0 aliphatic rings. The van der Waals surface area contributed by atoms with Gasteiger partial charge in [0.05, 0.1) is 8.66 Å². The summed E-state index contributed by atoms with van der Waals surface area (Å²) in [5.41, 5.74) is 7.93. The molecule has 0 atom stereocenters. The minimum absolute atomic E-state index is 0.651. The number of nitrogens with zero attached hydrogens (tertiary/aromatic N) is 2. The highest BCUT2D eigenvalue weighted by atomic mass is 79.9. The average Bonchev–Trinajstić information content (AvgIpc) is 2.78. The average molecular weight is 300 g/mol. The summed E-state index contributed by atoms with van der Waals surface area (Å²) in [7, 11) is 2.04. The van der Waals surface area contributed by atoms with Crippen LogP contribution in [0.25, 0.3) is 10.6 Å². The summed E-state index contributed by atoms with van der Waals surface area (Å²) >= 11 is 5.18. The summed E-state index contributed by atoms with van der Waals surface area (Å²) in [6, 6.07) is 4.15. The van der Waals surface area contributed by atoms with E-state index < -0.39 is 0 Å². The summed E-state index contributed by atoms with van der Waals surface area (Å²) in [6.07, 6.45) is 0.863. The molecule has 0 aliphatic heterocycles. The van der Waals surface area contributed by atoms with Gasteiger partial charge in [0.15, 0.2) is 0 Å². The first-order chi connectivity index (χ1) is 7.63. The Morgan fingerprint density at radius 3 is 2.81 bits per heavy atom. The molecule has 3 nitrogen and oxygen atoms in total. The maximum Gasteiger partial charge on any atom is 0.106 e. The Morgan fingerprint density at radius 2 is 2.25 bits per heavy atom. The SMILES string of the molecule is Cc1nc(-c2ccc(Br)s2)c(CCN)n1C. The molecule has 16 heavy (non-hydrogen) atoms. The quantitative estimate of drug-likeness (QED) is 0.947. The molecule has 2 rings (SSSR count). The van der Waals surface area contributed by atoms with Crippen molar-refractivity contribution in [3.05, 3.63) is 27.4 Å². The van der Waals surface area contributed by atoms with Crippen molar-refractivity contribution in [1.29, 1.82) is 0 Å². The molecule has 0 aromatic carbocycles. The summed E-state index contributed by atoms with van der Waals surface area (Å²) in [6.45, 7) is 2.67. The zero-order valence-corrected chi connectivity index (χ0v) is 11.7. The molecule has 0 radical (unpaired) electrons. The van der Waals surface area contributed by atoms with E-state index in [1.165, 1.54) is 10.6 Å². The van der Waals surface area contributed by atoms with E-state index in [9.17, 15) is 0 Å². The molecule has 86 valence electrons. The predicted molar refractivity (Wildman–Crippen MR) is 71.7 cm³/mol. The first kappa shape index (κ1) is 11.8. The zero-order valence-electron chi connectivity index (χ0n) is 9.33. The maximum absolute atomic E-state index is 5.64. The van der Waals surface area contributed by atoms with Gasteiger partial charge < -0.3 is 10.3 Å². The van der Waals surface area contributed by atoms with Crippen LogP contribution >= 0.6 is 27.3 Å². The van der Waals surface area contributed by atoms with Gasteiger partial charge in [0.1, 0.15) is 11.5 Å². The first-order valence-electron chi connectivity index (χ1n) is 5.11. The monoisotopic (exact) mass is 299 g/mol. The third kappa shape index (κ3) is 2.07. The standard InChI is InChI=1S/C11H14BrN3S/c1-7-14-11(8(5-6-13)15(7)2)9-3-4-10(12)16-9/h3-4H,5-6,13H2,1-2H3. The minimum Gasteiger partial charge on any atom is -0.335 e. The Bertz CT molecular complexity index is 501. The van der Waals surface area contributed by atoms with Crippen molar-refractivity contribution in [3.63, 3.8) is 0 Å². The Hall–Kier alpha value is -0.650. The van der Waals surface area contributed by atoms with E-state index in [1.807, 2.05) is 14.0 Å². The Morgan fingerprint density at radius 1 is 1.50 bits per heavy atom. The molecule has 0 bridgehead atoms. The fourth-order valence-electron chi connectivity index (χ4n) is 1.72. The number of hydrogen-bond donors (Lipinski definition) is 1. The molecule has 0 saturated heterocycles.